The van der Waals surface area contributed by atoms with Gasteiger partial charge in [0.05, 0.1) is 15.8 Å². The summed E-state index contributed by atoms with van der Waals surface area (Å²) in [5.41, 5.74) is 1.39. The van der Waals surface area contributed by atoms with Crippen LogP contribution in [0.5, 0.6) is 0 Å². The molecule has 1 N–H and O–H groups in total. The van der Waals surface area contributed by atoms with Crippen molar-refractivity contribution in [3.05, 3.63) is 68.7 Å². The Morgan fingerprint density at radius 3 is 2.31 bits per heavy atom. The van der Waals surface area contributed by atoms with Gasteiger partial charge in [-0.3, -0.25) is 9.59 Å². The van der Waals surface area contributed by atoms with Gasteiger partial charge in [0.2, 0.25) is 11.8 Å². The molecule has 2 rings (SSSR count). The van der Waals surface area contributed by atoms with Crippen molar-refractivity contribution in [1.29, 1.82) is 0 Å². The topological polar surface area (TPSA) is 49.4 Å². The highest BCUT2D eigenvalue weighted by Gasteiger charge is 2.30. The minimum absolute atomic E-state index is 0.120. The number of halogens is 3. The molecule has 0 heterocycles. The van der Waals surface area contributed by atoms with E-state index in [0.717, 1.165) is 11.1 Å². The van der Waals surface area contributed by atoms with Crippen LogP contribution in [0.2, 0.25) is 15.1 Å². The van der Waals surface area contributed by atoms with Crippen LogP contribution in [0.3, 0.4) is 0 Å². The van der Waals surface area contributed by atoms with E-state index in [9.17, 15) is 9.59 Å². The molecular formula is C24H29Cl3N2O2S. The summed E-state index contributed by atoms with van der Waals surface area (Å²) in [6.07, 6.45) is 0.496. The summed E-state index contributed by atoms with van der Waals surface area (Å²) >= 11 is 19.9. The summed E-state index contributed by atoms with van der Waals surface area (Å²) in [7, 11) is 0. The van der Waals surface area contributed by atoms with Gasteiger partial charge < -0.3 is 10.2 Å². The fraction of sp³-hybridized carbons (Fsp3) is 0.417. The second-order valence-electron chi connectivity index (χ2n) is 8.52. The summed E-state index contributed by atoms with van der Waals surface area (Å²) in [5.74, 6) is 0.540. The van der Waals surface area contributed by atoms with Crippen molar-refractivity contribution in [2.75, 3.05) is 5.75 Å². The standard InChI is InChI=1S/C24H29Cl3N2O2S/c1-5-21(23(31)28-24(2,3)4)29(13-17-8-6-7-9-18(17)25)22(30)15-32-14-16-10-11-19(26)20(27)12-16/h6-12,21H,5,13-15H2,1-4H3,(H,28,31)/t21-/m0/s1. The average molecular weight is 516 g/mol. The van der Waals surface area contributed by atoms with Crippen LogP contribution in [0.1, 0.15) is 45.2 Å². The number of amides is 2. The van der Waals surface area contributed by atoms with E-state index >= 15 is 0 Å². The number of carbonyl (C=O) groups excluding carboxylic acids is 2. The molecule has 0 bridgehead atoms. The Morgan fingerprint density at radius 2 is 1.72 bits per heavy atom. The van der Waals surface area contributed by atoms with Crippen LogP contribution in [0.15, 0.2) is 42.5 Å². The number of thioether (sulfide) groups is 1. The largest absolute Gasteiger partial charge is 0.350 e. The molecule has 0 unspecified atom stereocenters. The molecule has 4 nitrogen and oxygen atoms in total. The van der Waals surface area contributed by atoms with Gasteiger partial charge in [-0.05, 0) is 56.5 Å². The van der Waals surface area contributed by atoms with Crippen LogP contribution in [0.4, 0.5) is 0 Å². The number of rotatable bonds is 9. The molecule has 2 amide bonds. The lowest BCUT2D eigenvalue weighted by Gasteiger charge is -2.33. The highest BCUT2D eigenvalue weighted by atomic mass is 35.5. The maximum absolute atomic E-state index is 13.3. The molecular weight excluding hydrogens is 487 g/mol. The first-order valence-electron chi connectivity index (χ1n) is 10.4. The first-order valence-corrected chi connectivity index (χ1v) is 12.7. The van der Waals surface area contributed by atoms with Crippen molar-refractivity contribution in [2.24, 2.45) is 0 Å². The van der Waals surface area contributed by atoms with Crippen molar-refractivity contribution in [3.8, 4) is 0 Å². The van der Waals surface area contributed by atoms with Gasteiger partial charge in [-0.25, -0.2) is 0 Å². The molecule has 0 aliphatic rings. The highest BCUT2D eigenvalue weighted by Crippen LogP contribution is 2.25. The van der Waals surface area contributed by atoms with Gasteiger partial charge in [0.25, 0.3) is 0 Å². The van der Waals surface area contributed by atoms with E-state index in [1.807, 2.05) is 52.0 Å². The number of nitrogens with one attached hydrogen (secondary N) is 1. The van der Waals surface area contributed by atoms with Gasteiger partial charge >= 0.3 is 0 Å². The number of benzene rings is 2. The zero-order valence-corrected chi connectivity index (χ0v) is 21.8. The van der Waals surface area contributed by atoms with E-state index in [-0.39, 0.29) is 24.1 Å². The number of hydrogen-bond acceptors (Lipinski definition) is 3. The molecule has 0 radical (unpaired) electrons. The van der Waals surface area contributed by atoms with Gasteiger partial charge in [0.1, 0.15) is 6.04 Å². The molecule has 0 aromatic heterocycles. The lowest BCUT2D eigenvalue weighted by Crippen LogP contribution is -2.53. The first-order chi connectivity index (χ1) is 15.0. The summed E-state index contributed by atoms with van der Waals surface area (Å²) in [4.78, 5) is 27.9. The van der Waals surface area contributed by atoms with Crippen LogP contribution in [0, 0.1) is 0 Å². The second kappa shape index (κ2) is 12.2. The normalized spacial score (nSPS) is 12.3. The maximum atomic E-state index is 13.3. The van der Waals surface area contributed by atoms with Gasteiger partial charge in [-0.1, -0.05) is 66.0 Å². The van der Waals surface area contributed by atoms with Gasteiger partial charge in [0.15, 0.2) is 0 Å². The third-order valence-corrected chi connectivity index (χ3v) is 6.76. The molecule has 2 aromatic carbocycles. The predicted octanol–water partition coefficient (Wildman–Crippen LogP) is 6.60. The molecule has 0 fully saturated rings. The Hall–Kier alpha value is -1.40. The van der Waals surface area contributed by atoms with Crippen LogP contribution >= 0.6 is 46.6 Å². The monoisotopic (exact) mass is 514 g/mol. The SMILES string of the molecule is CC[C@@H](C(=O)NC(C)(C)C)N(Cc1ccccc1Cl)C(=O)CSCc1ccc(Cl)c(Cl)c1. The third-order valence-electron chi connectivity index (χ3n) is 4.66. The van der Waals surface area contributed by atoms with Crippen molar-refractivity contribution >= 4 is 58.4 Å². The molecule has 0 saturated carbocycles. The number of carbonyl (C=O) groups is 2. The van der Waals surface area contributed by atoms with Crippen molar-refractivity contribution in [2.45, 2.75) is 58.0 Å². The second-order valence-corrected chi connectivity index (χ2v) is 10.7. The summed E-state index contributed by atoms with van der Waals surface area (Å²) in [6, 6.07) is 12.2. The molecule has 1 atom stereocenters. The smallest absolute Gasteiger partial charge is 0.243 e. The number of nitrogens with zero attached hydrogens (tertiary/aromatic N) is 1. The Bertz CT molecular complexity index is 947. The molecule has 0 saturated heterocycles. The fourth-order valence-corrected chi connectivity index (χ4v) is 4.53. The third kappa shape index (κ3) is 8.18. The first kappa shape index (κ1) is 26.8. The Kier molecular flexibility index (Phi) is 10.2. The summed E-state index contributed by atoms with van der Waals surface area (Å²) < 4.78 is 0. The average Bonchev–Trinajstić information content (AvgIpc) is 2.70. The van der Waals surface area contributed by atoms with E-state index in [1.165, 1.54) is 11.8 Å². The molecule has 8 heteroatoms. The van der Waals surface area contributed by atoms with E-state index in [1.54, 1.807) is 23.1 Å². The van der Waals surface area contributed by atoms with Crippen molar-refractivity contribution < 1.29 is 9.59 Å². The zero-order valence-electron chi connectivity index (χ0n) is 18.8. The maximum Gasteiger partial charge on any atom is 0.243 e. The Morgan fingerprint density at radius 1 is 1.03 bits per heavy atom. The fourth-order valence-electron chi connectivity index (χ4n) is 3.15. The molecule has 0 spiro atoms. The van der Waals surface area contributed by atoms with Gasteiger partial charge in [-0.15, -0.1) is 11.8 Å². The van der Waals surface area contributed by atoms with Crippen LogP contribution < -0.4 is 5.32 Å². The van der Waals surface area contributed by atoms with E-state index in [2.05, 4.69) is 5.32 Å². The molecule has 174 valence electrons. The van der Waals surface area contributed by atoms with Crippen LogP contribution in [-0.2, 0) is 21.9 Å². The van der Waals surface area contributed by atoms with Crippen molar-refractivity contribution in [1.82, 2.24) is 10.2 Å². The lowest BCUT2D eigenvalue weighted by molar-refractivity contribution is -0.140. The van der Waals surface area contributed by atoms with E-state index < -0.39 is 11.6 Å². The minimum atomic E-state index is -0.594. The summed E-state index contributed by atoms with van der Waals surface area (Å²) in [6.45, 7) is 7.94. The van der Waals surface area contributed by atoms with Crippen LogP contribution in [0.25, 0.3) is 0 Å². The summed E-state index contributed by atoms with van der Waals surface area (Å²) in [5, 5.41) is 4.55. The Balaban J connectivity index is 2.17. The quantitative estimate of drug-likeness (QED) is 0.409. The van der Waals surface area contributed by atoms with Crippen molar-refractivity contribution in [3.63, 3.8) is 0 Å². The predicted molar refractivity (Wildman–Crippen MR) is 137 cm³/mol. The van der Waals surface area contributed by atoms with E-state index in [0.29, 0.717) is 27.2 Å². The lowest BCUT2D eigenvalue weighted by atomic mass is 10.1. The molecule has 32 heavy (non-hydrogen) atoms. The van der Waals surface area contributed by atoms with Crippen LogP contribution in [-0.4, -0.2) is 34.0 Å². The molecule has 0 aliphatic heterocycles. The Labute approximate surface area is 210 Å². The van der Waals surface area contributed by atoms with Gasteiger partial charge in [-0.2, -0.15) is 0 Å². The van der Waals surface area contributed by atoms with E-state index in [4.69, 9.17) is 34.8 Å². The van der Waals surface area contributed by atoms with Gasteiger partial charge in [0, 0.05) is 22.9 Å². The molecule has 0 aliphatic carbocycles. The number of hydrogen-bond donors (Lipinski definition) is 1. The highest BCUT2D eigenvalue weighted by molar-refractivity contribution is 7.99. The zero-order chi connectivity index (χ0) is 23.9. The molecule has 2 aromatic rings. The minimum Gasteiger partial charge on any atom is -0.350 e.